The molecule has 7 nitrogen and oxygen atoms in total. The molecule has 1 saturated carbocycles. The highest BCUT2D eigenvalue weighted by molar-refractivity contribution is 6.34. The van der Waals surface area contributed by atoms with Crippen LogP contribution < -0.4 is 10.6 Å². The molecule has 1 aromatic carbocycles. The van der Waals surface area contributed by atoms with Crippen LogP contribution >= 0.6 is 11.6 Å². The summed E-state index contributed by atoms with van der Waals surface area (Å²) in [7, 11) is 0. The zero-order chi connectivity index (χ0) is 22.0. The minimum atomic E-state index is -0.853. The van der Waals surface area contributed by atoms with Crippen LogP contribution in [0, 0.1) is 6.92 Å². The van der Waals surface area contributed by atoms with Gasteiger partial charge in [-0.1, -0.05) is 43.4 Å². The lowest BCUT2D eigenvalue weighted by atomic mass is 9.94. The van der Waals surface area contributed by atoms with E-state index in [9.17, 15) is 14.7 Å². The van der Waals surface area contributed by atoms with E-state index >= 15 is 0 Å². The highest BCUT2D eigenvalue weighted by Gasteiger charge is 2.30. The third-order valence-corrected chi connectivity index (χ3v) is 6.69. The first kappa shape index (κ1) is 21.8. The number of benzene rings is 1. The fourth-order valence-corrected chi connectivity index (χ4v) is 4.72. The molecular formula is C23H29ClN4O3. The Hall–Kier alpha value is -2.38. The molecule has 2 fully saturated rings. The molecule has 1 aliphatic heterocycles. The quantitative estimate of drug-likeness (QED) is 0.616. The monoisotopic (exact) mass is 444 g/mol. The molecule has 0 spiro atoms. The van der Waals surface area contributed by atoms with E-state index in [1.165, 1.54) is 0 Å². The fourth-order valence-electron chi connectivity index (χ4n) is 4.52. The summed E-state index contributed by atoms with van der Waals surface area (Å²) in [5.41, 5.74) is 1.82. The Balaban J connectivity index is 1.52. The van der Waals surface area contributed by atoms with Crippen molar-refractivity contribution in [2.45, 2.75) is 63.5 Å². The molecular weight excluding hydrogens is 416 g/mol. The Labute approximate surface area is 187 Å². The van der Waals surface area contributed by atoms with Crippen molar-refractivity contribution in [1.29, 1.82) is 0 Å². The minimum absolute atomic E-state index is 0.0228. The Morgan fingerprint density at radius 1 is 1.29 bits per heavy atom. The number of hydrogen-bond donors (Lipinski definition) is 3. The van der Waals surface area contributed by atoms with Gasteiger partial charge in [-0.3, -0.25) is 14.3 Å². The van der Waals surface area contributed by atoms with E-state index in [2.05, 4.69) is 15.7 Å². The fraction of sp³-hybridized carbons (Fsp3) is 0.522. The van der Waals surface area contributed by atoms with Gasteiger partial charge in [-0.2, -0.15) is 5.10 Å². The highest BCUT2D eigenvalue weighted by Crippen LogP contribution is 2.29. The number of nitrogens with one attached hydrogen (secondary N) is 2. The lowest BCUT2D eigenvalue weighted by molar-refractivity contribution is -0.122. The Kier molecular flexibility index (Phi) is 6.34. The third-order valence-electron chi connectivity index (χ3n) is 6.36. The number of carbonyl (C=O) groups excluding carboxylic acids is 2. The molecule has 1 saturated heterocycles. The van der Waals surface area contributed by atoms with Gasteiger partial charge in [-0.15, -0.1) is 0 Å². The first-order valence-corrected chi connectivity index (χ1v) is 11.4. The molecule has 2 amide bonds. The topological polar surface area (TPSA) is 96.2 Å². The van der Waals surface area contributed by atoms with Gasteiger partial charge in [0.05, 0.1) is 21.9 Å². The average Bonchev–Trinajstić information content (AvgIpc) is 3.26. The molecule has 2 heterocycles. The van der Waals surface area contributed by atoms with Gasteiger partial charge < -0.3 is 15.7 Å². The molecule has 2 aromatic rings. The van der Waals surface area contributed by atoms with Crippen molar-refractivity contribution in [2.24, 2.45) is 0 Å². The molecule has 8 heteroatoms. The van der Waals surface area contributed by atoms with Crippen molar-refractivity contribution in [3.8, 4) is 11.3 Å². The van der Waals surface area contributed by atoms with Crippen LogP contribution in [0.25, 0.3) is 11.3 Å². The number of aliphatic hydroxyl groups is 1. The maximum atomic E-state index is 12.9. The molecule has 4 rings (SSSR count). The lowest BCUT2D eigenvalue weighted by Gasteiger charge is -2.26. The second-order valence-corrected chi connectivity index (χ2v) is 9.13. The Morgan fingerprint density at radius 2 is 2.03 bits per heavy atom. The predicted molar refractivity (Wildman–Crippen MR) is 119 cm³/mol. The maximum Gasteiger partial charge on any atom is 0.252 e. The van der Waals surface area contributed by atoms with Crippen molar-refractivity contribution in [2.75, 3.05) is 13.1 Å². The van der Waals surface area contributed by atoms with Crippen LogP contribution in [0.1, 0.15) is 67.0 Å². The van der Waals surface area contributed by atoms with Crippen LogP contribution in [-0.2, 0) is 4.79 Å². The Bertz CT molecular complexity index is 979. The molecule has 166 valence electrons. The van der Waals surface area contributed by atoms with Gasteiger partial charge in [0.2, 0.25) is 5.91 Å². The zero-order valence-corrected chi connectivity index (χ0v) is 18.5. The standard InChI is InChI=1S/C23H29ClN4O3/c1-15-12-19(27-28(15)20-8-11-25-22(20)30)16-6-7-18(24)17(13-16)21(29)26-14-23(31)9-4-2-3-5-10-23/h6-7,12-13,20,31H,2-5,8-11,14H2,1H3,(H,25,30)(H,26,29). The van der Waals surface area contributed by atoms with Gasteiger partial charge in [0.1, 0.15) is 6.04 Å². The van der Waals surface area contributed by atoms with E-state index in [0.29, 0.717) is 42.1 Å². The number of aromatic nitrogens is 2. The number of aryl methyl sites for hydroxylation is 1. The van der Waals surface area contributed by atoms with Crippen LogP contribution in [0.15, 0.2) is 24.3 Å². The smallest absolute Gasteiger partial charge is 0.252 e. The summed E-state index contributed by atoms with van der Waals surface area (Å²) in [5, 5.41) is 21.5. The summed E-state index contributed by atoms with van der Waals surface area (Å²) in [6.07, 6.45) is 6.31. The molecule has 31 heavy (non-hydrogen) atoms. The zero-order valence-electron chi connectivity index (χ0n) is 17.8. The van der Waals surface area contributed by atoms with Crippen LogP contribution in [0.2, 0.25) is 5.02 Å². The summed E-state index contributed by atoms with van der Waals surface area (Å²) in [6, 6.07) is 6.83. The number of halogens is 1. The van der Waals surface area contributed by atoms with Crippen molar-refractivity contribution in [1.82, 2.24) is 20.4 Å². The highest BCUT2D eigenvalue weighted by atomic mass is 35.5. The van der Waals surface area contributed by atoms with E-state index in [-0.39, 0.29) is 24.4 Å². The first-order chi connectivity index (χ1) is 14.9. The van der Waals surface area contributed by atoms with Gasteiger partial charge in [0.25, 0.3) is 5.91 Å². The molecule has 1 atom stereocenters. The van der Waals surface area contributed by atoms with E-state index < -0.39 is 5.60 Å². The van der Waals surface area contributed by atoms with Crippen molar-refractivity contribution >= 4 is 23.4 Å². The third kappa shape index (κ3) is 4.77. The molecule has 3 N–H and O–H groups in total. The molecule has 1 unspecified atom stereocenters. The summed E-state index contributed by atoms with van der Waals surface area (Å²) in [5.74, 6) is -0.332. The van der Waals surface area contributed by atoms with E-state index in [0.717, 1.165) is 36.9 Å². The summed E-state index contributed by atoms with van der Waals surface area (Å²) >= 11 is 6.32. The van der Waals surface area contributed by atoms with Gasteiger partial charge >= 0.3 is 0 Å². The van der Waals surface area contributed by atoms with Crippen molar-refractivity contribution in [3.63, 3.8) is 0 Å². The summed E-state index contributed by atoms with van der Waals surface area (Å²) in [6.45, 7) is 2.78. The van der Waals surface area contributed by atoms with Gasteiger partial charge in [-0.25, -0.2) is 0 Å². The van der Waals surface area contributed by atoms with E-state index in [1.807, 2.05) is 19.1 Å². The van der Waals surface area contributed by atoms with Crippen LogP contribution in [0.5, 0.6) is 0 Å². The molecule has 2 aliphatic rings. The van der Waals surface area contributed by atoms with E-state index in [1.54, 1.807) is 16.8 Å². The number of nitrogens with zero attached hydrogens (tertiary/aromatic N) is 2. The maximum absolute atomic E-state index is 12.9. The number of carbonyl (C=O) groups is 2. The normalized spacial score (nSPS) is 20.9. The van der Waals surface area contributed by atoms with E-state index in [4.69, 9.17) is 11.6 Å². The number of hydrogen-bond acceptors (Lipinski definition) is 4. The second-order valence-electron chi connectivity index (χ2n) is 8.73. The molecule has 1 aromatic heterocycles. The minimum Gasteiger partial charge on any atom is -0.388 e. The van der Waals surface area contributed by atoms with Crippen LogP contribution in [0.3, 0.4) is 0 Å². The predicted octanol–water partition coefficient (Wildman–Crippen LogP) is 3.39. The summed E-state index contributed by atoms with van der Waals surface area (Å²) in [4.78, 5) is 24.9. The molecule has 0 bridgehead atoms. The molecule has 0 radical (unpaired) electrons. The second kappa shape index (κ2) is 9.01. The summed E-state index contributed by atoms with van der Waals surface area (Å²) < 4.78 is 1.74. The average molecular weight is 445 g/mol. The van der Waals surface area contributed by atoms with Crippen molar-refractivity contribution in [3.05, 3.63) is 40.5 Å². The van der Waals surface area contributed by atoms with Crippen LogP contribution in [0.4, 0.5) is 0 Å². The number of amides is 2. The largest absolute Gasteiger partial charge is 0.388 e. The first-order valence-electron chi connectivity index (χ1n) is 11.0. The van der Waals surface area contributed by atoms with Gasteiger partial charge in [0, 0.05) is 24.3 Å². The van der Waals surface area contributed by atoms with Crippen molar-refractivity contribution < 1.29 is 14.7 Å². The number of rotatable bonds is 5. The van der Waals surface area contributed by atoms with Gasteiger partial charge in [-0.05, 0) is 44.4 Å². The van der Waals surface area contributed by atoms with Crippen LogP contribution in [-0.4, -0.2) is 45.4 Å². The molecule has 1 aliphatic carbocycles. The lowest BCUT2D eigenvalue weighted by Crippen LogP contribution is -2.42. The Morgan fingerprint density at radius 3 is 2.71 bits per heavy atom. The van der Waals surface area contributed by atoms with Gasteiger partial charge in [0.15, 0.2) is 0 Å². The SMILES string of the molecule is Cc1cc(-c2ccc(Cl)c(C(=O)NCC3(O)CCCCCC3)c2)nn1C1CCNC1=O.